The van der Waals surface area contributed by atoms with Crippen LogP contribution in [0.3, 0.4) is 0 Å². The van der Waals surface area contributed by atoms with Crippen molar-refractivity contribution in [3.05, 3.63) is 48.1 Å². The minimum absolute atomic E-state index is 0.0293. The van der Waals surface area contributed by atoms with Crippen LogP contribution < -0.4 is 10.6 Å². The molecule has 0 saturated carbocycles. The first-order valence-electron chi connectivity index (χ1n) is 20.5. The number of hydrogen-bond acceptors (Lipinski definition) is 11. The molecule has 0 aliphatic rings. The van der Waals surface area contributed by atoms with Crippen LogP contribution in [-0.2, 0) is 42.9 Å². The monoisotopic (exact) mass is 790 g/mol. The van der Waals surface area contributed by atoms with Crippen molar-refractivity contribution < 1.29 is 53.1 Å². The van der Waals surface area contributed by atoms with Crippen molar-refractivity contribution in [2.24, 2.45) is 11.8 Å². The molecule has 13 nitrogen and oxygen atoms in total. The summed E-state index contributed by atoms with van der Waals surface area (Å²) in [6.45, 7) is 9.13. The Morgan fingerprint density at radius 1 is 0.643 bits per heavy atom. The maximum Gasteiger partial charge on any atom is 0.307 e. The third kappa shape index (κ3) is 26.0. The van der Waals surface area contributed by atoms with E-state index in [1.54, 1.807) is 0 Å². The van der Waals surface area contributed by atoms with Crippen LogP contribution in [0.5, 0.6) is 0 Å². The van der Waals surface area contributed by atoms with E-state index in [0.29, 0.717) is 58.0 Å². The molecule has 0 aliphatic carbocycles. The van der Waals surface area contributed by atoms with Gasteiger partial charge in [-0.15, -0.1) is 0 Å². The lowest BCUT2D eigenvalue weighted by Crippen LogP contribution is -2.31. The minimum atomic E-state index is -1.02. The lowest BCUT2D eigenvalue weighted by Gasteiger charge is -2.25. The molecule has 0 aliphatic heterocycles. The van der Waals surface area contributed by atoms with Gasteiger partial charge in [0, 0.05) is 24.5 Å². The second-order valence-electron chi connectivity index (χ2n) is 13.9. The number of benzene rings is 1. The van der Waals surface area contributed by atoms with Crippen LogP contribution in [0.2, 0.25) is 0 Å². The highest BCUT2D eigenvalue weighted by Crippen LogP contribution is 2.21. The van der Waals surface area contributed by atoms with Crippen LogP contribution in [0, 0.1) is 18.8 Å². The van der Waals surface area contributed by atoms with E-state index in [1.807, 2.05) is 49.4 Å². The van der Waals surface area contributed by atoms with Crippen LogP contribution in [-0.4, -0.2) is 100 Å². The molecule has 0 saturated heterocycles. The first-order chi connectivity index (χ1) is 27.1. The first-order valence-corrected chi connectivity index (χ1v) is 20.5. The van der Waals surface area contributed by atoms with E-state index in [-0.39, 0.29) is 39.3 Å². The predicted molar refractivity (Wildman–Crippen MR) is 219 cm³/mol. The van der Waals surface area contributed by atoms with Gasteiger partial charge in [-0.1, -0.05) is 76.7 Å². The lowest BCUT2D eigenvalue weighted by molar-refractivity contribution is -0.152. The van der Waals surface area contributed by atoms with Crippen molar-refractivity contribution in [1.29, 1.82) is 0 Å². The number of carboxylic acids is 2. The topological polar surface area (TPSA) is 184 Å². The number of anilines is 2. The molecule has 4 N–H and O–H groups in total. The number of rotatable bonds is 36. The summed E-state index contributed by atoms with van der Waals surface area (Å²) >= 11 is 0. The summed E-state index contributed by atoms with van der Waals surface area (Å²) in [5, 5.41) is 19.0. The highest BCUT2D eigenvalue weighted by Gasteiger charge is 2.22. The van der Waals surface area contributed by atoms with Crippen molar-refractivity contribution in [3.63, 3.8) is 0 Å². The zero-order valence-corrected chi connectivity index (χ0v) is 34.3. The molecule has 2 unspecified atom stereocenters. The molecule has 0 heterocycles. The van der Waals surface area contributed by atoms with Crippen molar-refractivity contribution in [1.82, 2.24) is 0 Å². The number of esters is 2. The third-order valence-corrected chi connectivity index (χ3v) is 9.13. The number of aliphatic carboxylic acids is 2. The van der Waals surface area contributed by atoms with Crippen molar-refractivity contribution in [2.75, 3.05) is 76.6 Å². The molecule has 56 heavy (non-hydrogen) atoms. The van der Waals surface area contributed by atoms with Crippen LogP contribution >= 0.6 is 0 Å². The number of carbonyl (C=O) groups is 4. The molecule has 318 valence electrons. The van der Waals surface area contributed by atoms with E-state index in [1.165, 1.54) is 25.7 Å². The number of aryl methyl sites for hydroxylation is 1. The van der Waals surface area contributed by atoms with Crippen molar-refractivity contribution >= 4 is 35.3 Å². The quantitative estimate of drug-likeness (QED) is 0.0263. The molecular weight excluding hydrogens is 720 g/mol. The largest absolute Gasteiger partial charge is 0.481 e. The van der Waals surface area contributed by atoms with Gasteiger partial charge in [0.15, 0.2) is 0 Å². The van der Waals surface area contributed by atoms with E-state index in [2.05, 4.69) is 18.7 Å². The van der Waals surface area contributed by atoms with Gasteiger partial charge in [0.2, 0.25) is 0 Å². The Bertz CT molecular complexity index is 1290. The average Bonchev–Trinajstić information content (AvgIpc) is 3.16. The van der Waals surface area contributed by atoms with Crippen LogP contribution in [0.1, 0.15) is 109 Å². The van der Waals surface area contributed by atoms with E-state index in [0.717, 1.165) is 49.8 Å². The second-order valence-corrected chi connectivity index (χ2v) is 13.9. The molecule has 1 aromatic carbocycles. The second kappa shape index (κ2) is 33.2. The van der Waals surface area contributed by atoms with Gasteiger partial charge >= 0.3 is 23.9 Å². The fourth-order valence-electron chi connectivity index (χ4n) is 5.63. The Morgan fingerprint density at radius 2 is 1.09 bits per heavy atom. The smallest absolute Gasteiger partial charge is 0.307 e. The zero-order chi connectivity index (χ0) is 41.2. The number of unbranched alkanes of at least 4 members (excludes halogenated alkanes) is 8. The number of carbonyl (C=O) groups excluding carboxylic acids is 2. The fourth-order valence-corrected chi connectivity index (χ4v) is 5.63. The molecule has 13 heteroatoms. The molecule has 0 bridgehead atoms. The van der Waals surface area contributed by atoms with Crippen LogP contribution in [0.25, 0.3) is 0 Å². The molecule has 1 rings (SSSR count). The summed E-state index contributed by atoms with van der Waals surface area (Å²) in [4.78, 5) is 49.8. The molecular formula is C43H70N2O11. The lowest BCUT2D eigenvalue weighted by atomic mass is 10.0. The Hall–Kier alpha value is -3.94. The van der Waals surface area contributed by atoms with Crippen LogP contribution in [0.15, 0.2) is 42.5 Å². The number of carboxylic acid groups (broad SMARTS) is 2. The molecule has 0 fully saturated rings. The molecule has 0 aromatic heterocycles. The van der Waals surface area contributed by atoms with Gasteiger partial charge in [-0.05, 0) is 69.2 Å². The third-order valence-electron chi connectivity index (χ3n) is 9.13. The molecule has 0 radical (unpaired) electrons. The van der Waals surface area contributed by atoms with Gasteiger partial charge in [0.1, 0.15) is 13.2 Å². The minimum Gasteiger partial charge on any atom is -0.481 e. The predicted octanol–water partition coefficient (Wildman–Crippen LogP) is 7.54. The molecule has 0 spiro atoms. The van der Waals surface area contributed by atoms with E-state index in [9.17, 15) is 29.4 Å². The maximum absolute atomic E-state index is 12.3. The summed E-state index contributed by atoms with van der Waals surface area (Å²) in [6, 6.07) is 5.77. The highest BCUT2D eigenvalue weighted by molar-refractivity contribution is 5.79. The van der Waals surface area contributed by atoms with E-state index >= 15 is 0 Å². The number of nitrogen functional groups attached to an aromatic ring is 1. The molecule has 1 aromatic rings. The summed E-state index contributed by atoms with van der Waals surface area (Å²) in [6.07, 6.45) is 18.9. The molecule has 2 atom stereocenters. The summed E-state index contributed by atoms with van der Waals surface area (Å²) in [5.41, 5.74) is 8.62. The van der Waals surface area contributed by atoms with Gasteiger partial charge in [-0.25, -0.2) is 0 Å². The van der Waals surface area contributed by atoms with Gasteiger partial charge in [-0.3, -0.25) is 19.2 Å². The first kappa shape index (κ1) is 50.1. The number of nitrogens with zero attached hydrogens (tertiary/aromatic N) is 1. The SMILES string of the molecule is CCCCCC/C=C/CC(CC(=O)OCCOCCOCCN(CCOCCOC(=O)CC(C/C=C/CCCCCC)C(=O)O)c1ccc(N)c(C)c1)C(=O)O. The number of hydrogen-bond donors (Lipinski definition) is 3. The van der Waals surface area contributed by atoms with Gasteiger partial charge in [0.25, 0.3) is 0 Å². The average molecular weight is 791 g/mol. The van der Waals surface area contributed by atoms with Gasteiger partial charge < -0.3 is 44.5 Å². The highest BCUT2D eigenvalue weighted by atomic mass is 16.6. The van der Waals surface area contributed by atoms with Crippen LogP contribution in [0.4, 0.5) is 11.4 Å². The molecule has 0 amide bonds. The fraction of sp³-hybridized carbons (Fsp3) is 0.674. The van der Waals surface area contributed by atoms with Crippen molar-refractivity contribution in [2.45, 2.75) is 111 Å². The number of nitrogens with two attached hydrogens (primary N) is 1. The Kier molecular flexibility index (Phi) is 29.7. The zero-order valence-electron chi connectivity index (χ0n) is 34.3. The van der Waals surface area contributed by atoms with E-state index in [4.69, 9.17) is 29.4 Å². The standard InChI is InChI=1S/C43H70N2O11/c1-4-6-8-10-12-14-16-18-36(42(48)49)33-40(46)55-30-28-53-25-23-45(38-20-21-39(44)35(3)32-38)22-24-52-26-27-54-29-31-56-41(47)34-37(43(50)51)19-17-15-13-11-9-7-5-2/h14-17,20-21,32,36-37H,4-13,18-19,22-31,33-34,44H2,1-3H3,(H,48,49)(H,50,51)/b16-14+,17-15+. The Labute approximate surface area is 334 Å². The Balaban J connectivity index is 2.34. The maximum atomic E-state index is 12.3. The number of ether oxygens (including phenoxy) is 5. The van der Waals surface area contributed by atoms with Gasteiger partial charge in [-0.2, -0.15) is 0 Å². The number of allylic oxidation sites excluding steroid dienone is 4. The summed E-state index contributed by atoms with van der Waals surface area (Å²) in [5.74, 6) is -4.79. The summed E-state index contributed by atoms with van der Waals surface area (Å²) in [7, 11) is 0. The van der Waals surface area contributed by atoms with E-state index < -0.39 is 35.7 Å². The summed E-state index contributed by atoms with van der Waals surface area (Å²) < 4.78 is 27.5. The normalized spacial score (nSPS) is 12.6. The van der Waals surface area contributed by atoms with Gasteiger partial charge in [0.05, 0.1) is 64.3 Å². The Morgan fingerprint density at radius 3 is 1.52 bits per heavy atom. The van der Waals surface area contributed by atoms with Crippen molar-refractivity contribution in [3.8, 4) is 0 Å².